The van der Waals surface area contributed by atoms with Crippen molar-refractivity contribution in [1.82, 2.24) is 20.4 Å². The largest absolute Gasteiger partial charge is 0.307 e. The molecule has 0 spiro atoms. The Bertz CT molecular complexity index is 1300. The highest BCUT2D eigenvalue weighted by Gasteiger charge is 2.04. The van der Waals surface area contributed by atoms with E-state index in [0.717, 1.165) is 44.8 Å². The van der Waals surface area contributed by atoms with Crippen LogP contribution in [-0.4, -0.2) is 27.2 Å². The molecule has 0 amide bonds. The number of hydrogen-bond acceptors (Lipinski definition) is 5. The Morgan fingerprint density at radius 1 is 0.368 bits per heavy atom. The normalized spacial score (nSPS) is 9.79. The quantitative estimate of drug-likeness (QED) is 0.255. The van der Waals surface area contributed by atoms with Gasteiger partial charge >= 0.3 is 0 Å². The van der Waals surface area contributed by atoms with E-state index in [2.05, 4.69) is 56.8 Å². The van der Waals surface area contributed by atoms with Gasteiger partial charge in [-0.25, -0.2) is 0 Å². The Labute approximate surface area is 222 Å². The molecule has 38 heavy (non-hydrogen) atoms. The summed E-state index contributed by atoms with van der Waals surface area (Å²) in [4.78, 5) is 8.00. The maximum atomic E-state index is 8.00. The van der Waals surface area contributed by atoms with E-state index in [9.17, 15) is 0 Å². The van der Waals surface area contributed by atoms with Crippen LogP contribution in [0.4, 0.5) is 0 Å². The van der Waals surface area contributed by atoms with Crippen LogP contribution in [0.3, 0.4) is 0 Å². The van der Waals surface area contributed by atoms with Crippen molar-refractivity contribution < 1.29 is 4.79 Å². The van der Waals surface area contributed by atoms with Crippen molar-refractivity contribution in [3.05, 3.63) is 146 Å². The first-order valence-corrected chi connectivity index (χ1v) is 12.0. The average Bonchev–Trinajstić information content (AvgIpc) is 3.04. The van der Waals surface area contributed by atoms with Crippen LogP contribution in [0.25, 0.3) is 44.8 Å². The summed E-state index contributed by atoms with van der Waals surface area (Å²) in [6.07, 6.45) is 3.59. The lowest BCUT2D eigenvalue weighted by atomic mass is 10.1. The lowest BCUT2D eigenvalue weighted by Gasteiger charge is -2.03. The monoisotopic (exact) mass is 494 g/mol. The first kappa shape index (κ1) is 25.8. The van der Waals surface area contributed by atoms with Gasteiger partial charge in [0.2, 0.25) is 0 Å². The van der Waals surface area contributed by atoms with Crippen molar-refractivity contribution in [3.8, 4) is 44.8 Å². The summed E-state index contributed by atoms with van der Waals surface area (Å²) < 4.78 is 0. The number of hydrogen-bond donors (Lipinski definition) is 0. The van der Waals surface area contributed by atoms with Crippen molar-refractivity contribution in [2.75, 3.05) is 0 Å². The minimum Gasteiger partial charge on any atom is -0.307 e. The van der Waals surface area contributed by atoms with Crippen LogP contribution in [-0.2, 0) is 4.79 Å². The molecule has 0 aliphatic heterocycles. The highest BCUT2D eigenvalue weighted by molar-refractivity contribution is 5.70. The van der Waals surface area contributed by atoms with Crippen molar-refractivity contribution in [1.29, 1.82) is 0 Å². The molecule has 6 aromatic rings. The van der Waals surface area contributed by atoms with Crippen molar-refractivity contribution in [2.24, 2.45) is 0 Å². The smallest absolute Gasteiger partial charge is 0.106 e. The Morgan fingerprint density at radius 3 is 0.974 bits per heavy atom. The predicted octanol–water partition coefficient (Wildman–Crippen LogP) is 7.44. The number of aromatic nitrogens is 4. The second kappa shape index (κ2) is 13.7. The lowest BCUT2D eigenvalue weighted by molar-refractivity contribution is -0.0979. The molecule has 0 radical (unpaired) electrons. The van der Waals surface area contributed by atoms with Gasteiger partial charge in [-0.2, -0.15) is 20.4 Å². The third kappa shape index (κ3) is 6.89. The van der Waals surface area contributed by atoms with Crippen LogP contribution in [0.2, 0.25) is 0 Å². The molecule has 6 rings (SSSR count). The molecule has 0 aliphatic carbocycles. The van der Waals surface area contributed by atoms with Crippen molar-refractivity contribution >= 4 is 6.79 Å². The fourth-order valence-corrected chi connectivity index (χ4v) is 3.81. The van der Waals surface area contributed by atoms with Crippen molar-refractivity contribution in [2.45, 2.75) is 0 Å². The number of benzene rings is 4. The summed E-state index contributed by atoms with van der Waals surface area (Å²) >= 11 is 0. The molecular weight excluding hydrogens is 468 g/mol. The standard InChI is InChI=1S/2C16H12N2.CH2O/c2*1-3-7-13(8-4-1)15-11-16(18-17-12-15)14-9-5-2-6-10-14;1-2/h2*1-12H;1H2. The fraction of sp³-hybridized carbons (Fsp3) is 0. The summed E-state index contributed by atoms with van der Waals surface area (Å²) in [5, 5.41) is 16.5. The zero-order valence-electron chi connectivity index (χ0n) is 20.8. The summed E-state index contributed by atoms with van der Waals surface area (Å²) in [6, 6.07) is 44.7. The van der Waals surface area contributed by atoms with E-state index in [1.54, 1.807) is 12.4 Å². The van der Waals surface area contributed by atoms with E-state index in [4.69, 9.17) is 4.79 Å². The number of nitrogens with zero attached hydrogens (tertiary/aromatic N) is 4. The molecule has 0 fully saturated rings. The zero-order valence-corrected chi connectivity index (χ0v) is 20.8. The van der Waals surface area contributed by atoms with E-state index in [1.165, 1.54) is 0 Å². The maximum Gasteiger partial charge on any atom is 0.106 e. The molecule has 0 aliphatic rings. The molecule has 4 aromatic carbocycles. The third-order valence-corrected chi connectivity index (χ3v) is 5.66. The molecule has 5 heteroatoms. The second-order valence-corrected chi connectivity index (χ2v) is 8.12. The van der Waals surface area contributed by atoms with Gasteiger partial charge in [-0.15, -0.1) is 0 Å². The van der Waals surface area contributed by atoms with Gasteiger partial charge in [-0.3, -0.25) is 0 Å². The minimum absolute atomic E-state index is 0.900. The van der Waals surface area contributed by atoms with Crippen LogP contribution >= 0.6 is 0 Å². The Morgan fingerprint density at radius 2 is 0.658 bits per heavy atom. The number of carbonyl (C=O) groups excluding carboxylic acids is 1. The zero-order chi connectivity index (χ0) is 26.4. The van der Waals surface area contributed by atoms with Gasteiger partial charge in [0, 0.05) is 22.3 Å². The van der Waals surface area contributed by atoms with Gasteiger partial charge in [0.1, 0.15) is 6.79 Å². The highest BCUT2D eigenvalue weighted by atomic mass is 16.1. The fourth-order valence-electron chi connectivity index (χ4n) is 3.81. The van der Waals surface area contributed by atoms with E-state index in [-0.39, 0.29) is 0 Å². The highest BCUT2D eigenvalue weighted by Crippen LogP contribution is 2.24. The van der Waals surface area contributed by atoms with E-state index in [0.29, 0.717) is 0 Å². The molecule has 2 aromatic heterocycles. The van der Waals surface area contributed by atoms with Crippen LogP contribution in [0.1, 0.15) is 0 Å². The van der Waals surface area contributed by atoms with Gasteiger partial charge in [0.05, 0.1) is 23.8 Å². The van der Waals surface area contributed by atoms with Gasteiger partial charge < -0.3 is 4.79 Å². The van der Waals surface area contributed by atoms with E-state index in [1.807, 2.05) is 104 Å². The van der Waals surface area contributed by atoms with Crippen molar-refractivity contribution in [3.63, 3.8) is 0 Å². The Kier molecular flexibility index (Phi) is 9.30. The third-order valence-electron chi connectivity index (χ3n) is 5.66. The molecule has 184 valence electrons. The van der Waals surface area contributed by atoms with Crippen LogP contribution in [0.15, 0.2) is 146 Å². The SMILES string of the molecule is C=O.c1ccc(-c2cnnc(-c3ccccc3)c2)cc1.c1ccc(-c2cnnc(-c3ccccc3)c2)cc1. The van der Waals surface area contributed by atoms with E-state index >= 15 is 0 Å². The van der Waals surface area contributed by atoms with Crippen LogP contribution in [0, 0.1) is 0 Å². The van der Waals surface area contributed by atoms with Crippen LogP contribution in [0.5, 0.6) is 0 Å². The molecule has 0 N–H and O–H groups in total. The maximum absolute atomic E-state index is 8.00. The summed E-state index contributed by atoms with van der Waals surface area (Å²) in [7, 11) is 0. The van der Waals surface area contributed by atoms with Gasteiger partial charge in [-0.05, 0) is 23.3 Å². The summed E-state index contributed by atoms with van der Waals surface area (Å²) in [5.41, 5.74) is 8.46. The second-order valence-electron chi connectivity index (χ2n) is 8.12. The molecule has 0 atom stereocenters. The molecule has 0 unspecified atom stereocenters. The summed E-state index contributed by atoms with van der Waals surface area (Å²) in [5.74, 6) is 0. The molecule has 0 bridgehead atoms. The van der Waals surface area contributed by atoms with Gasteiger partial charge in [0.25, 0.3) is 0 Å². The molecule has 5 nitrogen and oxygen atoms in total. The average molecular weight is 495 g/mol. The molecule has 0 saturated carbocycles. The topological polar surface area (TPSA) is 68.6 Å². The van der Waals surface area contributed by atoms with Gasteiger partial charge in [0.15, 0.2) is 0 Å². The molecule has 0 saturated heterocycles. The minimum atomic E-state index is 0.900. The first-order valence-electron chi connectivity index (χ1n) is 12.0. The van der Waals surface area contributed by atoms with Crippen LogP contribution < -0.4 is 0 Å². The Hall–Kier alpha value is -5.29. The van der Waals surface area contributed by atoms with E-state index < -0.39 is 0 Å². The predicted molar refractivity (Wildman–Crippen MR) is 153 cm³/mol. The lowest BCUT2D eigenvalue weighted by Crippen LogP contribution is -1.88. The molecular formula is C33H26N4O. The Balaban J connectivity index is 0.000000166. The summed E-state index contributed by atoms with van der Waals surface area (Å²) in [6.45, 7) is 2.00. The first-order chi connectivity index (χ1) is 18.9. The number of rotatable bonds is 4. The van der Waals surface area contributed by atoms with Gasteiger partial charge in [-0.1, -0.05) is 121 Å². The molecule has 2 heterocycles. The number of carbonyl (C=O) groups is 1.